The smallest absolute Gasteiger partial charge is 0.326 e. The number of sulfonamides is 1. The van der Waals surface area contributed by atoms with E-state index in [1.165, 1.54) is 13.2 Å². The SMILES string of the molecule is COC(=O)C1COCCN1S(=O)(=O)c1ccc(Br)s1. The first-order valence-corrected chi connectivity index (χ1v) is 8.44. The molecule has 1 saturated heterocycles. The lowest BCUT2D eigenvalue weighted by Gasteiger charge is -2.32. The van der Waals surface area contributed by atoms with Crippen LogP contribution >= 0.6 is 27.3 Å². The summed E-state index contributed by atoms with van der Waals surface area (Å²) in [7, 11) is -2.48. The van der Waals surface area contributed by atoms with E-state index in [1.807, 2.05) is 0 Å². The Balaban J connectivity index is 2.34. The molecule has 1 aromatic rings. The highest BCUT2D eigenvalue weighted by Crippen LogP contribution is 2.30. The van der Waals surface area contributed by atoms with Gasteiger partial charge in [0.2, 0.25) is 0 Å². The highest BCUT2D eigenvalue weighted by atomic mass is 79.9. The first-order valence-electron chi connectivity index (χ1n) is 5.39. The summed E-state index contributed by atoms with van der Waals surface area (Å²) in [6, 6.07) is 2.24. The Morgan fingerprint density at radius 2 is 2.32 bits per heavy atom. The summed E-state index contributed by atoms with van der Waals surface area (Å²) >= 11 is 4.33. The molecule has 1 unspecified atom stereocenters. The quantitative estimate of drug-likeness (QED) is 0.745. The van der Waals surface area contributed by atoms with Gasteiger partial charge < -0.3 is 9.47 Å². The van der Waals surface area contributed by atoms with Gasteiger partial charge in [0, 0.05) is 6.54 Å². The number of nitrogens with zero attached hydrogens (tertiary/aromatic N) is 1. The Bertz CT molecular complexity index is 570. The molecule has 106 valence electrons. The van der Waals surface area contributed by atoms with Crippen molar-refractivity contribution in [3.05, 3.63) is 15.9 Å². The molecule has 1 atom stereocenters. The molecule has 1 fully saturated rings. The Morgan fingerprint density at radius 1 is 1.58 bits per heavy atom. The fourth-order valence-corrected chi connectivity index (χ4v) is 5.44. The van der Waals surface area contributed by atoms with Crippen LogP contribution in [0.3, 0.4) is 0 Å². The molecule has 0 radical (unpaired) electrons. The minimum absolute atomic E-state index is 0.0123. The predicted molar refractivity (Wildman–Crippen MR) is 72.5 cm³/mol. The van der Waals surface area contributed by atoms with E-state index in [0.717, 1.165) is 15.6 Å². The maximum atomic E-state index is 12.5. The van der Waals surface area contributed by atoms with E-state index >= 15 is 0 Å². The molecule has 2 heterocycles. The molecule has 19 heavy (non-hydrogen) atoms. The zero-order chi connectivity index (χ0) is 14.0. The van der Waals surface area contributed by atoms with Crippen LogP contribution in [0.1, 0.15) is 0 Å². The van der Waals surface area contributed by atoms with Gasteiger partial charge in [-0.2, -0.15) is 4.31 Å². The van der Waals surface area contributed by atoms with E-state index in [9.17, 15) is 13.2 Å². The average Bonchev–Trinajstić information content (AvgIpc) is 2.85. The van der Waals surface area contributed by atoms with Crippen molar-refractivity contribution < 1.29 is 22.7 Å². The summed E-state index contributed by atoms with van der Waals surface area (Å²) in [6.07, 6.45) is 0. The standard InChI is InChI=1S/C10H12BrNO5S2/c1-16-10(13)7-6-17-5-4-12(7)19(14,15)9-3-2-8(11)18-9/h2-3,7H,4-6H2,1H3. The summed E-state index contributed by atoms with van der Waals surface area (Å²) in [5.74, 6) is -0.612. The van der Waals surface area contributed by atoms with Crippen molar-refractivity contribution >= 4 is 43.3 Å². The number of thiophene rings is 1. The minimum atomic E-state index is -3.70. The molecule has 0 bridgehead atoms. The van der Waals surface area contributed by atoms with Crippen LogP contribution in [-0.2, 0) is 24.3 Å². The van der Waals surface area contributed by atoms with Crippen LogP contribution in [-0.4, -0.2) is 51.6 Å². The van der Waals surface area contributed by atoms with E-state index < -0.39 is 22.0 Å². The number of carbonyl (C=O) groups excluding carboxylic acids is 1. The van der Waals surface area contributed by atoms with Gasteiger partial charge in [-0.3, -0.25) is 4.79 Å². The molecule has 1 aliphatic rings. The molecule has 1 aliphatic heterocycles. The van der Waals surface area contributed by atoms with E-state index in [1.54, 1.807) is 6.07 Å². The van der Waals surface area contributed by atoms with Gasteiger partial charge >= 0.3 is 5.97 Å². The minimum Gasteiger partial charge on any atom is -0.468 e. The van der Waals surface area contributed by atoms with Crippen LogP contribution in [0.2, 0.25) is 0 Å². The number of rotatable bonds is 3. The molecular formula is C10H12BrNO5S2. The number of carbonyl (C=O) groups is 1. The third kappa shape index (κ3) is 3.00. The normalized spacial score (nSPS) is 21.3. The van der Waals surface area contributed by atoms with Gasteiger partial charge in [-0.25, -0.2) is 8.42 Å². The van der Waals surface area contributed by atoms with Gasteiger partial charge in [0.25, 0.3) is 10.0 Å². The second-order valence-electron chi connectivity index (χ2n) is 3.79. The molecule has 1 aromatic heterocycles. The molecule has 9 heteroatoms. The van der Waals surface area contributed by atoms with Gasteiger partial charge in [-0.1, -0.05) is 0 Å². The Morgan fingerprint density at radius 3 is 2.89 bits per heavy atom. The zero-order valence-electron chi connectivity index (χ0n) is 10.0. The molecule has 0 spiro atoms. The molecular weight excluding hydrogens is 358 g/mol. The summed E-state index contributed by atoms with van der Waals surface area (Å²) in [5, 5.41) is 0. The summed E-state index contributed by atoms with van der Waals surface area (Å²) < 4.78 is 36.8. The Labute approximate surface area is 123 Å². The summed E-state index contributed by atoms with van der Waals surface area (Å²) in [6.45, 7) is 0.412. The summed E-state index contributed by atoms with van der Waals surface area (Å²) in [5.41, 5.74) is 0. The number of hydrogen-bond donors (Lipinski definition) is 0. The van der Waals surface area contributed by atoms with Crippen molar-refractivity contribution in [2.45, 2.75) is 10.3 Å². The van der Waals surface area contributed by atoms with Gasteiger partial charge in [-0.05, 0) is 28.1 Å². The Hall–Kier alpha value is -0.480. The van der Waals surface area contributed by atoms with Gasteiger partial charge in [0.05, 0.1) is 24.1 Å². The molecule has 0 aliphatic carbocycles. The fourth-order valence-electron chi connectivity index (χ4n) is 1.75. The molecule has 0 amide bonds. The van der Waals surface area contributed by atoms with Crippen LogP contribution in [0.15, 0.2) is 20.1 Å². The van der Waals surface area contributed by atoms with Crippen LogP contribution < -0.4 is 0 Å². The zero-order valence-corrected chi connectivity index (χ0v) is 13.3. The van der Waals surface area contributed by atoms with E-state index in [4.69, 9.17) is 4.74 Å². The summed E-state index contributed by atoms with van der Waals surface area (Å²) in [4.78, 5) is 11.6. The van der Waals surface area contributed by atoms with Gasteiger partial charge in [0.1, 0.15) is 10.3 Å². The topological polar surface area (TPSA) is 72.9 Å². The lowest BCUT2D eigenvalue weighted by Crippen LogP contribution is -2.52. The van der Waals surface area contributed by atoms with E-state index in [2.05, 4.69) is 20.7 Å². The third-order valence-electron chi connectivity index (χ3n) is 2.66. The molecule has 0 N–H and O–H groups in total. The second-order valence-corrected chi connectivity index (χ2v) is 8.37. The number of halogens is 1. The largest absolute Gasteiger partial charge is 0.468 e. The molecule has 0 aromatic carbocycles. The third-order valence-corrected chi connectivity index (χ3v) is 6.66. The Kier molecular flexibility index (Phi) is 4.62. The van der Waals surface area contributed by atoms with Crippen LogP contribution in [0.4, 0.5) is 0 Å². The van der Waals surface area contributed by atoms with Crippen LogP contribution in [0.25, 0.3) is 0 Å². The van der Waals surface area contributed by atoms with Crippen molar-refractivity contribution in [2.75, 3.05) is 26.9 Å². The van der Waals surface area contributed by atoms with Gasteiger partial charge in [-0.15, -0.1) is 11.3 Å². The monoisotopic (exact) mass is 369 g/mol. The van der Waals surface area contributed by atoms with Crippen molar-refractivity contribution in [2.24, 2.45) is 0 Å². The van der Waals surface area contributed by atoms with Crippen molar-refractivity contribution in [3.63, 3.8) is 0 Å². The second kappa shape index (κ2) is 5.88. The molecule has 0 saturated carbocycles. The average molecular weight is 370 g/mol. The van der Waals surface area contributed by atoms with Crippen molar-refractivity contribution in [3.8, 4) is 0 Å². The number of hydrogen-bond acceptors (Lipinski definition) is 6. The number of methoxy groups -OCH3 is 1. The highest BCUT2D eigenvalue weighted by Gasteiger charge is 2.39. The van der Waals surface area contributed by atoms with Gasteiger partial charge in [0.15, 0.2) is 0 Å². The van der Waals surface area contributed by atoms with Crippen molar-refractivity contribution in [1.82, 2.24) is 4.31 Å². The first kappa shape index (κ1) is 14.9. The number of morpholine rings is 1. The maximum absolute atomic E-state index is 12.5. The predicted octanol–water partition coefficient (Wildman–Crippen LogP) is 1.07. The van der Waals surface area contributed by atoms with Crippen LogP contribution in [0.5, 0.6) is 0 Å². The molecule has 6 nitrogen and oxygen atoms in total. The highest BCUT2D eigenvalue weighted by molar-refractivity contribution is 9.11. The number of esters is 1. The first-order chi connectivity index (χ1) is 8.96. The van der Waals surface area contributed by atoms with E-state index in [-0.39, 0.29) is 24.0 Å². The van der Waals surface area contributed by atoms with E-state index in [0.29, 0.717) is 3.79 Å². The maximum Gasteiger partial charge on any atom is 0.326 e. The fraction of sp³-hybridized carbons (Fsp3) is 0.500. The lowest BCUT2D eigenvalue weighted by atomic mass is 10.3. The van der Waals surface area contributed by atoms with Crippen molar-refractivity contribution in [1.29, 1.82) is 0 Å². The molecule has 2 rings (SSSR count). The lowest BCUT2D eigenvalue weighted by molar-refractivity contribution is -0.149. The number of ether oxygens (including phenoxy) is 2. The van der Waals surface area contributed by atoms with Crippen LogP contribution in [0, 0.1) is 0 Å².